The van der Waals surface area contributed by atoms with E-state index in [0.717, 1.165) is 47.8 Å². The average Bonchev–Trinajstić information content (AvgIpc) is 3.35. The number of amides is 1. The van der Waals surface area contributed by atoms with Gasteiger partial charge in [0, 0.05) is 18.8 Å². The van der Waals surface area contributed by atoms with Crippen LogP contribution in [0.25, 0.3) is 16.8 Å². The van der Waals surface area contributed by atoms with E-state index in [1.807, 2.05) is 76.2 Å². The highest BCUT2D eigenvalue weighted by atomic mass is 16.5. The van der Waals surface area contributed by atoms with Crippen molar-refractivity contribution >= 4 is 5.91 Å². The van der Waals surface area contributed by atoms with Gasteiger partial charge in [0.1, 0.15) is 17.2 Å². The first-order valence-electron chi connectivity index (χ1n) is 11.4. The predicted molar refractivity (Wildman–Crippen MR) is 130 cm³/mol. The van der Waals surface area contributed by atoms with Gasteiger partial charge < -0.3 is 9.64 Å². The van der Waals surface area contributed by atoms with Crippen molar-refractivity contribution in [2.24, 2.45) is 5.92 Å². The Kier molecular flexibility index (Phi) is 5.94. The summed E-state index contributed by atoms with van der Waals surface area (Å²) in [6.07, 6.45) is 5.63. The molecule has 4 aromatic rings. The van der Waals surface area contributed by atoms with E-state index in [2.05, 4.69) is 24.0 Å². The van der Waals surface area contributed by atoms with Crippen molar-refractivity contribution in [3.8, 4) is 28.3 Å². The highest BCUT2D eigenvalue weighted by Gasteiger charge is 2.24. The van der Waals surface area contributed by atoms with Gasteiger partial charge in [-0.15, -0.1) is 0 Å². The fourth-order valence-electron chi connectivity index (χ4n) is 4.37. The minimum atomic E-state index is 0.0480. The van der Waals surface area contributed by atoms with E-state index in [1.165, 1.54) is 6.42 Å². The molecule has 0 unspecified atom stereocenters. The minimum Gasteiger partial charge on any atom is -0.457 e. The first-order chi connectivity index (χ1) is 16.2. The molecule has 2 heterocycles. The summed E-state index contributed by atoms with van der Waals surface area (Å²) < 4.78 is 7.79. The van der Waals surface area contributed by atoms with Gasteiger partial charge in [-0.05, 0) is 66.3 Å². The van der Waals surface area contributed by atoms with Crippen LogP contribution in [-0.2, 0) is 0 Å². The number of imidazole rings is 1. The quantitative estimate of drug-likeness (QED) is 0.373. The lowest BCUT2D eigenvalue weighted by molar-refractivity contribution is 0.0675. The standard InChI is InChI=1S/C28H27N3O2/c1-21-7-6-16-30(19-21)28(32)27-18-29-20-31(27)24-9-5-8-23(17-24)22-12-14-26(15-13-22)33-25-10-3-2-4-11-25/h2-5,8-15,17-18,20-21H,6-7,16,19H2,1H3/t21-/m1/s1. The van der Waals surface area contributed by atoms with Crippen LogP contribution in [0.3, 0.4) is 0 Å². The Hall–Kier alpha value is -3.86. The highest BCUT2D eigenvalue weighted by molar-refractivity contribution is 5.93. The highest BCUT2D eigenvalue weighted by Crippen LogP contribution is 2.28. The topological polar surface area (TPSA) is 47.4 Å². The lowest BCUT2D eigenvalue weighted by Gasteiger charge is -2.31. The molecule has 1 fully saturated rings. The smallest absolute Gasteiger partial charge is 0.272 e. The number of rotatable bonds is 5. The van der Waals surface area contributed by atoms with Crippen LogP contribution in [0.4, 0.5) is 0 Å². The molecular weight excluding hydrogens is 410 g/mol. The number of carbonyl (C=O) groups excluding carboxylic acids is 1. The molecule has 1 aliphatic rings. The zero-order chi connectivity index (χ0) is 22.6. The van der Waals surface area contributed by atoms with Crippen molar-refractivity contribution in [2.45, 2.75) is 19.8 Å². The number of nitrogens with zero attached hydrogens (tertiary/aromatic N) is 3. The molecular formula is C28H27N3O2. The summed E-state index contributed by atoms with van der Waals surface area (Å²) in [7, 11) is 0. The van der Waals surface area contributed by atoms with Crippen LogP contribution in [-0.4, -0.2) is 33.4 Å². The number of aromatic nitrogens is 2. The van der Waals surface area contributed by atoms with Crippen LogP contribution >= 0.6 is 0 Å². The number of hydrogen-bond donors (Lipinski definition) is 0. The van der Waals surface area contributed by atoms with Gasteiger partial charge in [-0.1, -0.05) is 49.4 Å². The van der Waals surface area contributed by atoms with Gasteiger partial charge in [-0.3, -0.25) is 9.36 Å². The van der Waals surface area contributed by atoms with Gasteiger partial charge in [-0.2, -0.15) is 0 Å². The van der Waals surface area contributed by atoms with E-state index in [-0.39, 0.29) is 5.91 Å². The largest absolute Gasteiger partial charge is 0.457 e. The molecule has 5 nitrogen and oxygen atoms in total. The number of carbonyl (C=O) groups is 1. The monoisotopic (exact) mass is 437 g/mol. The molecule has 1 aromatic heterocycles. The minimum absolute atomic E-state index is 0.0480. The summed E-state index contributed by atoms with van der Waals surface area (Å²) >= 11 is 0. The normalized spacial score (nSPS) is 15.9. The van der Waals surface area contributed by atoms with Gasteiger partial charge in [0.2, 0.25) is 0 Å². The molecule has 0 bridgehead atoms. The second kappa shape index (κ2) is 9.33. The van der Waals surface area contributed by atoms with E-state index in [1.54, 1.807) is 12.5 Å². The Balaban J connectivity index is 1.37. The molecule has 166 valence electrons. The molecule has 1 saturated heterocycles. The van der Waals surface area contributed by atoms with E-state index in [0.29, 0.717) is 11.6 Å². The first kappa shape index (κ1) is 21.0. The Morgan fingerprint density at radius 1 is 0.939 bits per heavy atom. The number of piperidine rings is 1. The summed E-state index contributed by atoms with van der Waals surface area (Å²) in [5.74, 6) is 2.19. The number of ether oxygens (including phenoxy) is 1. The molecule has 5 heteroatoms. The Morgan fingerprint density at radius 2 is 1.73 bits per heavy atom. The van der Waals surface area contributed by atoms with Crippen LogP contribution < -0.4 is 4.74 Å². The number of para-hydroxylation sites is 1. The number of benzene rings is 3. The molecule has 0 aliphatic carbocycles. The second-order valence-electron chi connectivity index (χ2n) is 8.64. The molecule has 5 rings (SSSR count). The Labute approximate surface area is 194 Å². The Bertz CT molecular complexity index is 1230. The van der Waals surface area contributed by atoms with Gasteiger partial charge in [0.05, 0.1) is 12.5 Å². The van der Waals surface area contributed by atoms with E-state index >= 15 is 0 Å². The van der Waals surface area contributed by atoms with Crippen molar-refractivity contribution < 1.29 is 9.53 Å². The number of likely N-dealkylation sites (tertiary alicyclic amines) is 1. The summed E-state index contributed by atoms with van der Waals surface area (Å²) in [5, 5.41) is 0. The molecule has 1 aliphatic heterocycles. The first-order valence-corrected chi connectivity index (χ1v) is 11.4. The predicted octanol–water partition coefficient (Wildman–Crippen LogP) is 6.20. The van der Waals surface area contributed by atoms with Crippen LogP contribution in [0, 0.1) is 5.92 Å². The summed E-state index contributed by atoms with van der Waals surface area (Å²) in [4.78, 5) is 19.4. The third-order valence-electron chi connectivity index (χ3n) is 6.09. The third kappa shape index (κ3) is 4.67. The second-order valence-corrected chi connectivity index (χ2v) is 8.64. The van der Waals surface area contributed by atoms with Crippen molar-refractivity contribution in [1.82, 2.24) is 14.5 Å². The van der Waals surface area contributed by atoms with Gasteiger partial charge in [0.25, 0.3) is 5.91 Å². The van der Waals surface area contributed by atoms with Gasteiger partial charge in [-0.25, -0.2) is 4.98 Å². The molecule has 1 amide bonds. The molecule has 0 N–H and O–H groups in total. The molecule has 3 aromatic carbocycles. The van der Waals surface area contributed by atoms with Crippen molar-refractivity contribution in [3.05, 3.63) is 97.1 Å². The maximum absolute atomic E-state index is 13.2. The van der Waals surface area contributed by atoms with E-state index < -0.39 is 0 Å². The zero-order valence-corrected chi connectivity index (χ0v) is 18.7. The summed E-state index contributed by atoms with van der Waals surface area (Å²) in [6.45, 7) is 3.82. The average molecular weight is 438 g/mol. The Morgan fingerprint density at radius 3 is 2.52 bits per heavy atom. The van der Waals surface area contributed by atoms with Crippen molar-refractivity contribution in [1.29, 1.82) is 0 Å². The van der Waals surface area contributed by atoms with E-state index in [9.17, 15) is 4.79 Å². The number of hydrogen-bond acceptors (Lipinski definition) is 3. The van der Waals surface area contributed by atoms with Gasteiger partial charge in [0.15, 0.2) is 0 Å². The SMILES string of the molecule is C[C@@H]1CCCN(C(=O)c2cncn2-c2cccc(-c3ccc(Oc4ccccc4)cc3)c2)C1. The fourth-order valence-corrected chi connectivity index (χ4v) is 4.37. The molecule has 0 radical (unpaired) electrons. The fraction of sp³-hybridized carbons (Fsp3) is 0.214. The molecule has 0 saturated carbocycles. The van der Waals surface area contributed by atoms with Crippen molar-refractivity contribution in [3.63, 3.8) is 0 Å². The molecule has 33 heavy (non-hydrogen) atoms. The van der Waals surface area contributed by atoms with Gasteiger partial charge >= 0.3 is 0 Å². The lowest BCUT2D eigenvalue weighted by Crippen LogP contribution is -2.39. The van der Waals surface area contributed by atoms with Crippen LogP contribution in [0.15, 0.2) is 91.4 Å². The zero-order valence-electron chi connectivity index (χ0n) is 18.7. The lowest BCUT2D eigenvalue weighted by atomic mass is 10.00. The third-order valence-corrected chi connectivity index (χ3v) is 6.09. The maximum Gasteiger partial charge on any atom is 0.272 e. The van der Waals surface area contributed by atoms with Crippen molar-refractivity contribution in [2.75, 3.05) is 13.1 Å². The van der Waals surface area contributed by atoms with Crippen LogP contribution in [0.5, 0.6) is 11.5 Å². The van der Waals surface area contributed by atoms with Crippen LogP contribution in [0.1, 0.15) is 30.3 Å². The summed E-state index contributed by atoms with van der Waals surface area (Å²) in [5.41, 5.74) is 3.67. The maximum atomic E-state index is 13.2. The molecule has 1 atom stereocenters. The van der Waals surface area contributed by atoms with Crippen LogP contribution in [0.2, 0.25) is 0 Å². The summed E-state index contributed by atoms with van der Waals surface area (Å²) in [6, 6.07) is 26.0. The van der Waals surface area contributed by atoms with E-state index in [4.69, 9.17) is 4.74 Å². The molecule has 0 spiro atoms.